The van der Waals surface area contributed by atoms with Gasteiger partial charge in [-0.1, -0.05) is 25.5 Å². The van der Waals surface area contributed by atoms with Gasteiger partial charge in [0.15, 0.2) is 0 Å². The molecule has 0 fully saturated rings. The van der Waals surface area contributed by atoms with Gasteiger partial charge in [0.25, 0.3) is 5.91 Å². The van der Waals surface area contributed by atoms with E-state index in [1.807, 2.05) is 31.2 Å². The van der Waals surface area contributed by atoms with Gasteiger partial charge >= 0.3 is 0 Å². The molecule has 0 atom stereocenters. The second kappa shape index (κ2) is 9.04. The van der Waals surface area contributed by atoms with Gasteiger partial charge in [-0.15, -0.1) is 0 Å². The minimum absolute atomic E-state index is 0.222. The van der Waals surface area contributed by atoms with Crippen LogP contribution in [-0.4, -0.2) is 10.9 Å². The molecule has 0 radical (unpaired) electrons. The number of unbranched alkanes of at least 4 members (excludes halogenated alkanes) is 1. The minimum Gasteiger partial charge on any atom is -0.457 e. The van der Waals surface area contributed by atoms with Crippen molar-refractivity contribution in [2.75, 3.05) is 11.1 Å². The number of aryl methyl sites for hydroxylation is 2. The van der Waals surface area contributed by atoms with E-state index in [0.717, 1.165) is 17.9 Å². The van der Waals surface area contributed by atoms with Gasteiger partial charge in [-0.2, -0.15) is 0 Å². The second-order valence-electron chi connectivity index (χ2n) is 6.71. The smallest absolute Gasteiger partial charge is 0.259 e. The number of hydrogen-bond acceptors (Lipinski definition) is 4. The minimum atomic E-state index is -0.290. The van der Waals surface area contributed by atoms with Crippen molar-refractivity contribution < 1.29 is 9.53 Å². The Kier molecular flexibility index (Phi) is 6.27. The molecule has 3 aromatic rings. The summed E-state index contributed by atoms with van der Waals surface area (Å²) < 4.78 is 5.87. The molecule has 0 saturated carbocycles. The molecular formula is C23H25N3O2. The maximum atomic E-state index is 12.4. The lowest BCUT2D eigenvalue weighted by molar-refractivity contribution is 0.102. The Hall–Kier alpha value is -3.34. The van der Waals surface area contributed by atoms with Crippen LogP contribution >= 0.6 is 0 Å². The summed E-state index contributed by atoms with van der Waals surface area (Å²) in [5, 5.41) is 2.82. The third-order valence-corrected chi connectivity index (χ3v) is 4.40. The summed E-state index contributed by atoms with van der Waals surface area (Å²) in [4.78, 5) is 16.5. The van der Waals surface area contributed by atoms with E-state index in [2.05, 4.69) is 29.4 Å². The SMILES string of the molecule is CCCCc1ccc(Oc2ccc(NC(=O)c3ccc(C)nc3N)cc2)cc1. The van der Waals surface area contributed by atoms with Crippen LogP contribution in [0.3, 0.4) is 0 Å². The topological polar surface area (TPSA) is 77.2 Å². The number of nitrogens with two attached hydrogens (primary N) is 1. The number of carbonyl (C=O) groups is 1. The number of nitrogens with one attached hydrogen (secondary N) is 1. The molecule has 0 aliphatic rings. The van der Waals surface area contributed by atoms with E-state index in [1.54, 1.807) is 24.3 Å². The molecule has 144 valence electrons. The first kappa shape index (κ1) is 19.4. The molecule has 0 bridgehead atoms. The molecule has 0 aliphatic heterocycles. The Morgan fingerprint density at radius 1 is 1.00 bits per heavy atom. The zero-order valence-electron chi connectivity index (χ0n) is 16.2. The van der Waals surface area contributed by atoms with Crippen LogP contribution in [0.25, 0.3) is 0 Å². The summed E-state index contributed by atoms with van der Waals surface area (Å²) in [6.45, 7) is 4.02. The molecule has 5 nitrogen and oxygen atoms in total. The lowest BCUT2D eigenvalue weighted by atomic mass is 10.1. The van der Waals surface area contributed by atoms with Gasteiger partial charge in [-0.05, 0) is 73.9 Å². The maximum absolute atomic E-state index is 12.4. The zero-order chi connectivity index (χ0) is 19.9. The first-order valence-corrected chi connectivity index (χ1v) is 9.46. The van der Waals surface area contributed by atoms with Crippen molar-refractivity contribution in [1.82, 2.24) is 4.98 Å². The number of aromatic nitrogens is 1. The zero-order valence-corrected chi connectivity index (χ0v) is 16.2. The molecule has 1 aromatic heterocycles. The molecule has 5 heteroatoms. The van der Waals surface area contributed by atoms with Crippen LogP contribution in [0.5, 0.6) is 11.5 Å². The summed E-state index contributed by atoms with van der Waals surface area (Å²) in [5.41, 5.74) is 8.94. The lowest BCUT2D eigenvalue weighted by Crippen LogP contribution is -2.15. The molecule has 1 amide bonds. The second-order valence-corrected chi connectivity index (χ2v) is 6.71. The van der Waals surface area contributed by atoms with Gasteiger partial charge in [-0.25, -0.2) is 4.98 Å². The van der Waals surface area contributed by atoms with Crippen molar-refractivity contribution in [3.05, 3.63) is 77.5 Å². The third kappa shape index (κ3) is 5.10. The van der Waals surface area contributed by atoms with Crippen LogP contribution in [-0.2, 0) is 6.42 Å². The summed E-state index contributed by atoms with van der Waals surface area (Å²) in [7, 11) is 0. The number of anilines is 2. The highest BCUT2D eigenvalue weighted by Crippen LogP contribution is 2.24. The van der Waals surface area contributed by atoms with Crippen LogP contribution in [0.1, 0.15) is 41.4 Å². The van der Waals surface area contributed by atoms with Crippen molar-refractivity contribution in [2.45, 2.75) is 33.1 Å². The number of carbonyl (C=O) groups excluding carboxylic acids is 1. The number of nitrogen functional groups attached to an aromatic ring is 1. The lowest BCUT2D eigenvalue weighted by Gasteiger charge is -2.10. The van der Waals surface area contributed by atoms with Gasteiger partial charge in [-0.3, -0.25) is 4.79 Å². The van der Waals surface area contributed by atoms with Crippen molar-refractivity contribution in [2.24, 2.45) is 0 Å². The molecular weight excluding hydrogens is 350 g/mol. The average molecular weight is 375 g/mol. The largest absolute Gasteiger partial charge is 0.457 e. The van der Waals surface area contributed by atoms with E-state index in [1.165, 1.54) is 18.4 Å². The third-order valence-electron chi connectivity index (χ3n) is 4.40. The van der Waals surface area contributed by atoms with Gasteiger partial charge in [0.2, 0.25) is 0 Å². The average Bonchev–Trinajstić information content (AvgIpc) is 2.69. The van der Waals surface area contributed by atoms with Crippen molar-refractivity contribution in [1.29, 1.82) is 0 Å². The standard InChI is InChI=1S/C23H25N3O2/c1-3-4-5-17-7-11-19(12-8-17)28-20-13-9-18(10-14-20)26-23(27)21-15-6-16(2)25-22(21)24/h6-15H,3-5H2,1-2H3,(H2,24,25)(H,26,27). The normalized spacial score (nSPS) is 10.5. The summed E-state index contributed by atoms with van der Waals surface area (Å²) in [5.74, 6) is 1.42. The molecule has 0 spiro atoms. The molecule has 2 aromatic carbocycles. The predicted octanol–water partition coefficient (Wildman–Crippen LogP) is 5.36. The van der Waals surface area contributed by atoms with Crippen LogP contribution in [0.15, 0.2) is 60.7 Å². The summed E-state index contributed by atoms with van der Waals surface area (Å²) in [6, 6.07) is 18.8. The fourth-order valence-electron chi connectivity index (χ4n) is 2.81. The quantitative estimate of drug-likeness (QED) is 0.583. The maximum Gasteiger partial charge on any atom is 0.259 e. The van der Waals surface area contributed by atoms with E-state index in [-0.39, 0.29) is 11.7 Å². The first-order valence-electron chi connectivity index (χ1n) is 9.46. The Bertz CT molecular complexity index is 935. The van der Waals surface area contributed by atoms with Crippen LogP contribution in [0.2, 0.25) is 0 Å². The van der Waals surface area contributed by atoms with E-state index in [4.69, 9.17) is 10.5 Å². The van der Waals surface area contributed by atoms with E-state index in [0.29, 0.717) is 17.0 Å². The van der Waals surface area contributed by atoms with Gasteiger partial charge in [0.1, 0.15) is 17.3 Å². The van der Waals surface area contributed by atoms with Crippen LogP contribution in [0, 0.1) is 6.92 Å². The van der Waals surface area contributed by atoms with Gasteiger partial charge in [0, 0.05) is 11.4 Å². The molecule has 1 heterocycles. The highest BCUT2D eigenvalue weighted by atomic mass is 16.5. The van der Waals surface area contributed by atoms with Crippen molar-refractivity contribution >= 4 is 17.4 Å². The molecule has 28 heavy (non-hydrogen) atoms. The monoisotopic (exact) mass is 375 g/mol. The molecule has 0 saturated heterocycles. The van der Waals surface area contributed by atoms with Crippen LogP contribution in [0.4, 0.5) is 11.5 Å². The number of pyridine rings is 1. The Labute approximate surface area is 165 Å². The van der Waals surface area contributed by atoms with E-state index in [9.17, 15) is 4.79 Å². The Balaban J connectivity index is 1.61. The number of nitrogens with zero attached hydrogens (tertiary/aromatic N) is 1. The highest BCUT2D eigenvalue weighted by Gasteiger charge is 2.11. The number of benzene rings is 2. The molecule has 0 unspecified atom stereocenters. The first-order chi connectivity index (χ1) is 13.5. The van der Waals surface area contributed by atoms with Crippen molar-refractivity contribution in [3.63, 3.8) is 0 Å². The van der Waals surface area contributed by atoms with E-state index >= 15 is 0 Å². The molecule has 3 rings (SSSR count). The highest BCUT2D eigenvalue weighted by molar-refractivity contribution is 6.07. The summed E-state index contributed by atoms with van der Waals surface area (Å²) >= 11 is 0. The summed E-state index contributed by atoms with van der Waals surface area (Å²) in [6.07, 6.45) is 3.47. The van der Waals surface area contributed by atoms with Gasteiger partial charge in [0.05, 0.1) is 5.56 Å². The number of hydrogen-bond donors (Lipinski definition) is 2. The Morgan fingerprint density at radius 2 is 1.64 bits per heavy atom. The number of amides is 1. The van der Waals surface area contributed by atoms with Gasteiger partial charge < -0.3 is 15.8 Å². The number of ether oxygens (including phenoxy) is 1. The molecule has 3 N–H and O–H groups in total. The molecule has 0 aliphatic carbocycles. The number of rotatable bonds is 7. The fourth-order valence-corrected chi connectivity index (χ4v) is 2.81. The Morgan fingerprint density at radius 3 is 2.25 bits per heavy atom. The predicted molar refractivity (Wildman–Crippen MR) is 113 cm³/mol. The van der Waals surface area contributed by atoms with E-state index < -0.39 is 0 Å². The fraction of sp³-hybridized carbons (Fsp3) is 0.217. The van der Waals surface area contributed by atoms with Crippen molar-refractivity contribution in [3.8, 4) is 11.5 Å². The van der Waals surface area contributed by atoms with Crippen LogP contribution < -0.4 is 15.8 Å².